The molecule has 1 N–H and O–H groups in total. The Hall–Kier alpha value is -1.42. The molecule has 5 atom stereocenters. The van der Waals surface area contributed by atoms with Gasteiger partial charge in [0.25, 0.3) is 0 Å². The predicted molar refractivity (Wildman–Crippen MR) is 141 cm³/mol. The molecule has 2 fully saturated rings. The Labute approximate surface area is 204 Å². The van der Waals surface area contributed by atoms with Gasteiger partial charge in [0.15, 0.2) is 0 Å². The summed E-state index contributed by atoms with van der Waals surface area (Å²) < 4.78 is 4.27. The average molecular weight is 486 g/mol. The van der Waals surface area contributed by atoms with Crippen molar-refractivity contribution in [2.45, 2.75) is 54.2 Å². The monoisotopic (exact) mass is 485 g/mol. The summed E-state index contributed by atoms with van der Waals surface area (Å²) in [6.07, 6.45) is 14.9. The van der Waals surface area contributed by atoms with E-state index in [1.165, 1.54) is 25.7 Å². The van der Waals surface area contributed by atoms with E-state index in [4.69, 9.17) is 0 Å². The Bertz CT molecular complexity index is 861. The molecule has 174 valence electrons. The van der Waals surface area contributed by atoms with Crippen LogP contribution in [-0.4, -0.2) is 16.9 Å². The van der Waals surface area contributed by atoms with E-state index in [-0.39, 0.29) is 16.9 Å². The number of allylic oxidation sites excluding steroid dienone is 6. The molecule has 5 unspecified atom stereocenters. The second kappa shape index (κ2) is 11.6. The van der Waals surface area contributed by atoms with E-state index < -0.39 is 16.8 Å². The van der Waals surface area contributed by atoms with Crippen molar-refractivity contribution in [1.29, 1.82) is 0 Å². The molecule has 1 amide bonds. The summed E-state index contributed by atoms with van der Waals surface area (Å²) in [6, 6.07) is 9.73. The van der Waals surface area contributed by atoms with Crippen LogP contribution in [-0.2, 0) is 16.8 Å². The van der Waals surface area contributed by atoms with Crippen LogP contribution in [0, 0.1) is 23.7 Å². The predicted octanol–water partition coefficient (Wildman–Crippen LogP) is 6.24. The average Bonchev–Trinajstić information content (AvgIpc) is 3.10. The number of fused-ring (bicyclic) bond motifs is 3. The normalized spacial score (nSPS) is 27.7. The summed E-state index contributed by atoms with van der Waals surface area (Å²) in [4.78, 5) is 12.8. The van der Waals surface area contributed by atoms with Gasteiger partial charge in [-0.25, -0.2) is 0 Å². The molecule has 0 saturated heterocycles. The molecular formula is C28H43NOSiTi. The van der Waals surface area contributed by atoms with Crippen molar-refractivity contribution in [3.8, 4) is 0 Å². The molecule has 3 aliphatic carbocycles. The number of amides is 1. The molecular weight excluding hydrogens is 442 g/mol. The summed E-state index contributed by atoms with van der Waals surface area (Å²) in [5.41, 5.74) is 2.93. The molecule has 1 aromatic carbocycles. The molecule has 3 aliphatic rings. The minimum Gasteiger partial charge on any atom is -0.0149 e. The zero-order valence-electron chi connectivity index (χ0n) is 19.7. The molecule has 32 heavy (non-hydrogen) atoms. The fraction of sp³-hybridized carbons (Fsp3) is 0.464. The molecule has 2 saturated carbocycles. The minimum absolute atomic E-state index is 0. The number of carbonyl (C=O) groups is 1. The second-order valence-corrected chi connectivity index (χ2v) is 17.0. The van der Waals surface area contributed by atoms with Gasteiger partial charge in [0.2, 0.25) is 0 Å². The van der Waals surface area contributed by atoms with Crippen molar-refractivity contribution in [2.75, 3.05) is 0 Å². The first-order valence-electron chi connectivity index (χ1n) is 11.8. The van der Waals surface area contributed by atoms with Gasteiger partial charge in [-0.15, -0.1) is 0 Å². The maximum absolute atomic E-state index is 12.8. The Morgan fingerprint density at radius 1 is 0.906 bits per heavy atom. The van der Waals surface area contributed by atoms with Crippen LogP contribution < -0.4 is 3.80 Å². The largest absolute Gasteiger partial charge is 0.0149 e. The van der Waals surface area contributed by atoms with E-state index in [0.29, 0.717) is 16.1 Å². The van der Waals surface area contributed by atoms with Gasteiger partial charge < -0.3 is 0 Å². The van der Waals surface area contributed by atoms with E-state index in [2.05, 4.69) is 51.7 Å². The van der Waals surface area contributed by atoms with E-state index in [1.807, 2.05) is 44.2 Å². The van der Waals surface area contributed by atoms with Gasteiger partial charge in [-0.1, -0.05) is 24.3 Å². The first kappa shape index (κ1) is 26.8. The van der Waals surface area contributed by atoms with E-state index in [9.17, 15) is 4.79 Å². The van der Waals surface area contributed by atoms with Crippen LogP contribution >= 0.6 is 0 Å². The first-order valence-corrected chi connectivity index (χ1v) is 16.6. The van der Waals surface area contributed by atoms with Gasteiger partial charge in [0.1, 0.15) is 0 Å². The van der Waals surface area contributed by atoms with Crippen molar-refractivity contribution in [3.63, 3.8) is 0 Å². The van der Waals surface area contributed by atoms with Crippen LogP contribution in [0.3, 0.4) is 0 Å². The molecule has 0 heterocycles. The van der Waals surface area contributed by atoms with E-state index in [0.717, 1.165) is 28.5 Å². The SMILES string of the molecule is C=C(C)C(=C)C.[CH3][Ti]([CH3])([NH]C(=O)c1ccccc1)[CH]1C2C=CC=CC2C2CCCCC21.[SiH4]. The summed E-state index contributed by atoms with van der Waals surface area (Å²) in [5, 5.41) is 4.84. The Kier molecular flexibility index (Phi) is 9.75. The molecule has 0 spiro atoms. The van der Waals surface area contributed by atoms with E-state index in [1.54, 1.807) is 0 Å². The topological polar surface area (TPSA) is 29.1 Å². The van der Waals surface area contributed by atoms with Crippen LogP contribution in [0.1, 0.15) is 49.9 Å². The van der Waals surface area contributed by atoms with Crippen LogP contribution in [0.5, 0.6) is 0 Å². The molecule has 0 aromatic heterocycles. The maximum Gasteiger partial charge on any atom is -0.0149 e. The number of hydrogen-bond donors (Lipinski definition) is 1. The van der Waals surface area contributed by atoms with Crippen LogP contribution in [0.4, 0.5) is 0 Å². The van der Waals surface area contributed by atoms with Gasteiger partial charge in [-0.2, -0.15) is 0 Å². The van der Waals surface area contributed by atoms with Gasteiger partial charge in [0, 0.05) is 0 Å². The maximum atomic E-state index is 12.8. The molecule has 0 radical (unpaired) electrons. The Morgan fingerprint density at radius 3 is 2.00 bits per heavy atom. The van der Waals surface area contributed by atoms with Gasteiger partial charge in [-0.05, 0) is 24.8 Å². The van der Waals surface area contributed by atoms with Crippen molar-refractivity contribution in [3.05, 3.63) is 84.5 Å². The smallest absolute Gasteiger partial charge is 0.0149 e. The molecule has 0 bridgehead atoms. The van der Waals surface area contributed by atoms with Gasteiger partial charge >= 0.3 is 156 Å². The molecule has 2 nitrogen and oxygen atoms in total. The Balaban J connectivity index is 0.000000461. The third-order valence-electron chi connectivity index (χ3n) is 7.50. The fourth-order valence-corrected chi connectivity index (χ4v) is 11.6. The second-order valence-electron chi connectivity index (χ2n) is 10.2. The van der Waals surface area contributed by atoms with Gasteiger partial charge in [0.05, 0.1) is 0 Å². The standard InChI is InChI=1S/C13H17.C7H7NO.C6H10.2CH3.H4Si.Ti/c1-3-7-12-10(5-1)9-11-6-2-4-8-13(11)12;8-7(9)6-4-2-1-3-5-6;1-5(2)6(3)4;;;;/h1,3,5,7,9-13H,2,4,6,8H2;1-5H,(H2,8,9);1,3H2,2,4H3;2*1H3;1H4;/q;;;;;;+1/p-1. The third kappa shape index (κ3) is 6.12. The fourth-order valence-electron chi connectivity index (χ4n) is 5.88. The van der Waals surface area contributed by atoms with Crippen molar-refractivity contribution >= 4 is 16.9 Å². The summed E-state index contributed by atoms with van der Waals surface area (Å²) in [7, 11) is 0. The third-order valence-corrected chi connectivity index (χ3v) is 12.7. The molecule has 1 aromatic rings. The van der Waals surface area contributed by atoms with Crippen molar-refractivity contribution in [1.82, 2.24) is 3.80 Å². The number of benzene rings is 1. The molecule has 0 aliphatic heterocycles. The first-order chi connectivity index (χ1) is 14.7. The quantitative estimate of drug-likeness (QED) is 0.397. The zero-order chi connectivity index (χ0) is 22.6. The summed E-state index contributed by atoms with van der Waals surface area (Å²) in [5.74, 6) is 3.13. The molecule has 4 heteroatoms. The summed E-state index contributed by atoms with van der Waals surface area (Å²) >= 11 is -2.52. The van der Waals surface area contributed by atoms with Crippen molar-refractivity contribution in [2.24, 2.45) is 23.7 Å². The number of rotatable bonds is 4. The summed E-state index contributed by atoms with van der Waals surface area (Å²) in [6.45, 7) is 11.2. The van der Waals surface area contributed by atoms with Crippen LogP contribution in [0.15, 0.2) is 78.9 Å². The zero-order valence-corrected chi connectivity index (χ0v) is 21.3. The van der Waals surface area contributed by atoms with Gasteiger partial charge in [-0.3, -0.25) is 0 Å². The number of carbonyl (C=O) groups excluding carboxylic acids is 1. The number of nitrogens with one attached hydrogen (secondary N) is 1. The number of hydrogen-bond acceptors (Lipinski definition) is 1. The van der Waals surface area contributed by atoms with Crippen LogP contribution in [0.25, 0.3) is 0 Å². The molecule has 4 rings (SSSR count). The van der Waals surface area contributed by atoms with Crippen molar-refractivity contribution < 1.29 is 21.6 Å². The minimum atomic E-state index is -2.52. The van der Waals surface area contributed by atoms with Crippen LogP contribution in [0.2, 0.25) is 14.7 Å². The Morgan fingerprint density at radius 2 is 1.44 bits per heavy atom. The van der Waals surface area contributed by atoms with E-state index >= 15 is 0 Å².